The summed E-state index contributed by atoms with van der Waals surface area (Å²) in [5, 5.41) is 21.4. The molecule has 0 saturated carbocycles. The number of hydrogen-bond acceptors (Lipinski definition) is 7. The summed E-state index contributed by atoms with van der Waals surface area (Å²) in [7, 11) is 3.87. The van der Waals surface area contributed by atoms with Gasteiger partial charge in [0, 0.05) is 12.1 Å². The van der Waals surface area contributed by atoms with Gasteiger partial charge in [-0.05, 0) is 89.8 Å². The lowest BCUT2D eigenvalue weighted by atomic mass is 9.95. The van der Waals surface area contributed by atoms with Crippen molar-refractivity contribution in [2.75, 3.05) is 33.8 Å². The largest absolute Gasteiger partial charge is 0.507 e. The molecule has 1 atom stereocenters. The zero-order valence-corrected chi connectivity index (χ0v) is 20.9. The molecule has 0 bridgehead atoms. The Labute approximate surface area is 206 Å². The van der Waals surface area contributed by atoms with Crippen molar-refractivity contribution in [2.45, 2.75) is 39.3 Å². The molecule has 8 heteroatoms. The molecule has 1 saturated heterocycles. The third kappa shape index (κ3) is 5.95. The van der Waals surface area contributed by atoms with E-state index in [1.807, 2.05) is 32.8 Å². The number of carbonyl (C=O) groups is 2. The van der Waals surface area contributed by atoms with Crippen LogP contribution < -0.4 is 9.47 Å². The van der Waals surface area contributed by atoms with E-state index in [0.717, 1.165) is 6.54 Å². The first kappa shape index (κ1) is 26.1. The maximum Gasteiger partial charge on any atom is 0.295 e. The van der Waals surface area contributed by atoms with Crippen LogP contribution in [0.1, 0.15) is 44.4 Å². The lowest BCUT2D eigenvalue weighted by molar-refractivity contribution is -0.139. The first-order chi connectivity index (χ1) is 16.6. The van der Waals surface area contributed by atoms with Gasteiger partial charge in [0.15, 0.2) is 11.5 Å². The lowest BCUT2D eigenvalue weighted by Crippen LogP contribution is -2.32. The Morgan fingerprint density at radius 2 is 1.80 bits per heavy atom. The van der Waals surface area contributed by atoms with Gasteiger partial charge in [-0.1, -0.05) is 6.07 Å². The summed E-state index contributed by atoms with van der Waals surface area (Å²) in [6.07, 6.45) is 0.643. The molecule has 0 aliphatic carbocycles. The van der Waals surface area contributed by atoms with Crippen LogP contribution in [0.25, 0.3) is 5.76 Å². The zero-order chi connectivity index (χ0) is 25.7. The van der Waals surface area contributed by atoms with Crippen LogP contribution in [0.4, 0.5) is 0 Å². The van der Waals surface area contributed by atoms with E-state index in [4.69, 9.17) is 9.47 Å². The summed E-state index contributed by atoms with van der Waals surface area (Å²) in [6.45, 7) is 7.03. The van der Waals surface area contributed by atoms with Crippen molar-refractivity contribution in [3.8, 4) is 17.2 Å². The van der Waals surface area contributed by atoms with E-state index >= 15 is 0 Å². The second-order valence-electron chi connectivity index (χ2n) is 9.00. The van der Waals surface area contributed by atoms with Gasteiger partial charge in [0.1, 0.15) is 11.5 Å². The Hall–Kier alpha value is -3.52. The fourth-order valence-electron chi connectivity index (χ4n) is 4.11. The molecule has 188 valence electrons. The highest BCUT2D eigenvalue weighted by Gasteiger charge is 2.46. The van der Waals surface area contributed by atoms with Crippen LogP contribution in [0.15, 0.2) is 48.0 Å². The summed E-state index contributed by atoms with van der Waals surface area (Å²) in [5.41, 5.74) is 0.975. The molecule has 1 heterocycles. The molecule has 0 spiro atoms. The summed E-state index contributed by atoms with van der Waals surface area (Å²) >= 11 is 0. The van der Waals surface area contributed by atoms with E-state index in [1.165, 1.54) is 11.0 Å². The lowest BCUT2D eigenvalue weighted by Gasteiger charge is -2.26. The Kier molecular flexibility index (Phi) is 8.40. The molecular formula is C27H34N2O6. The number of nitrogens with zero attached hydrogens (tertiary/aromatic N) is 2. The van der Waals surface area contributed by atoms with Crippen molar-refractivity contribution < 1.29 is 29.3 Å². The molecule has 3 rings (SSSR count). The number of rotatable bonds is 10. The fourth-order valence-corrected chi connectivity index (χ4v) is 4.11. The molecule has 2 N–H and O–H groups in total. The summed E-state index contributed by atoms with van der Waals surface area (Å²) in [4.78, 5) is 29.7. The Bertz CT molecular complexity index is 1090. The molecular weight excluding hydrogens is 448 g/mol. The molecule has 1 aliphatic heterocycles. The van der Waals surface area contributed by atoms with Gasteiger partial charge in [-0.3, -0.25) is 9.59 Å². The second kappa shape index (κ2) is 11.3. The first-order valence-electron chi connectivity index (χ1n) is 11.8. The number of Topliss-reactive ketones (excluding diaryl/α,β-unsaturated/α-hetero) is 1. The molecule has 0 radical (unpaired) electrons. The van der Waals surface area contributed by atoms with Crippen LogP contribution in [-0.4, -0.2) is 71.6 Å². The minimum atomic E-state index is -0.816. The smallest absolute Gasteiger partial charge is 0.295 e. The minimum Gasteiger partial charge on any atom is -0.507 e. The predicted molar refractivity (Wildman–Crippen MR) is 134 cm³/mol. The average Bonchev–Trinajstić information content (AvgIpc) is 3.05. The van der Waals surface area contributed by atoms with Crippen LogP contribution >= 0.6 is 0 Å². The van der Waals surface area contributed by atoms with Crippen molar-refractivity contribution >= 4 is 17.4 Å². The zero-order valence-electron chi connectivity index (χ0n) is 20.9. The third-order valence-corrected chi connectivity index (χ3v) is 5.64. The van der Waals surface area contributed by atoms with Crippen LogP contribution in [0, 0.1) is 0 Å². The molecule has 2 aromatic rings. The predicted octanol–water partition coefficient (Wildman–Crippen LogP) is 3.95. The van der Waals surface area contributed by atoms with Gasteiger partial charge in [0.25, 0.3) is 11.7 Å². The number of ether oxygens (including phenoxy) is 2. The number of aliphatic hydroxyl groups is 1. The van der Waals surface area contributed by atoms with Crippen molar-refractivity contribution in [1.82, 2.24) is 9.80 Å². The molecule has 2 aromatic carbocycles. The fraction of sp³-hybridized carbons (Fsp3) is 0.407. The number of aromatic hydroxyl groups is 1. The van der Waals surface area contributed by atoms with Gasteiger partial charge in [-0.25, -0.2) is 0 Å². The highest BCUT2D eigenvalue weighted by Crippen LogP contribution is 2.42. The monoisotopic (exact) mass is 482 g/mol. The standard InChI is InChI=1S/C27H34N2O6/c1-6-34-22-16-19(10-13-21(22)30)24-23(26(32)27(33)29(24)15-7-14-28(4)5)25(31)18-8-11-20(12-9-18)35-17(2)3/h8-13,16-17,24,30-31H,6-7,14-15H2,1-5H3/b25-23+/t24-/m1/s1. The normalized spacial score (nSPS) is 17.5. The highest BCUT2D eigenvalue weighted by molar-refractivity contribution is 6.46. The van der Waals surface area contributed by atoms with Crippen LogP contribution in [-0.2, 0) is 9.59 Å². The Morgan fingerprint density at radius 3 is 2.40 bits per heavy atom. The number of ketones is 1. The highest BCUT2D eigenvalue weighted by atomic mass is 16.5. The number of amides is 1. The van der Waals surface area contributed by atoms with E-state index in [-0.39, 0.29) is 28.9 Å². The molecule has 0 aromatic heterocycles. The van der Waals surface area contributed by atoms with Gasteiger partial charge in [0.2, 0.25) is 0 Å². The van der Waals surface area contributed by atoms with Crippen LogP contribution in [0.5, 0.6) is 17.2 Å². The van der Waals surface area contributed by atoms with Crippen molar-refractivity contribution in [1.29, 1.82) is 0 Å². The van der Waals surface area contributed by atoms with Gasteiger partial charge in [-0.2, -0.15) is 0 Å². The maximum absolute atomic E-state index is 13.2. The van der Waals surface area contributed by atoms with Crippen LogP contribution in [0.2, 0.25) is 0 Å². The number of carbonyl (C=O) groups excluding carboxylic acids is 2. The van der Waals surface area contributed by atoms with Gasteiger partial charge < -0.3 is 29.5 Å². The number of benzene rings is 2. The molecule has 1 aliphatic rings. The third-order valence-electron chi connectivity index (χ3n) is 5.64. The molecule has 8 nitrogen and oxygen atoms in total. The summed E-state index contributed by atoms with van der Waals surface area (Å²) in [5.74, 6) is -0.824. The number of aliphatic hydroxyl groups excluding tert-OH is 1. The summed E-state index contributed by atoms with van der Waals surface area (Å²) in [6, 6.07) is 10.6. The van der Waals surface area contributed by atoms with E-state index < -0.39 is 17.7 Å². The van der Waals surface area contributed by atoms with Gasteiger partial charge >= 0.3 is 0 Å². The number of likely N-dealkylation sites (tertiary alicyclic amines) is 1. The van der Waals surface area contributed by atoms with E-state index in [0.29, 0.717) is 36.4 Å². The maximum atomic E-state index is 13.2. The number of phenolic OH excluding ortho intramolecular Hbond substituents is 1. The van der Waals surface area contributed by atoms with E-state index in [9.17, 15) is 19.8 Å². The van der Waals surface area contributed by atoms with Crippen LogP contribution in [0.3, 0.4) is 0 Å². The van der Waals surface area contributed by atoms with Gasteiger partial charge in [0.05, 0.1) is 24.3 Å². The number of phenols is 1. The van der Waals surface area contributed by atoms with E-state index in [2.05, 4.69) is 0 Å². The minimum absolute atomic E-state index is 0.00373. The quantitative estimate of drug-likeness (QED) is 0.300. The second-order valence-corrected chi connectivity index (χ2v) is 9.00. The summed E-state index contributed by atoms with van der Waals surface area (Å²) < 4.78 is 11.2. The van der Waals surface area contributed by atoms with Crippen molar-refractivity contribution in [3.05, 3.63) is 59.2 Å². The first-order valence-corrected chi connectivity index (χ1v) is 11.8. The molecule has 0 unspecified atom stereocenters. The van der Waals surface area contributed by atoms with E-state index in [1.54, 1.807) is 43.3 Å². The Balaban J connectivity index is 2.09. The van der Waals surface area contributed by atoms with Crippen molar-refractivity contribution in [2.24, 2.45) is 0 Å². The van der Waals surface area contributed by atoms with Gasteiger partial charge in [-0.15, -0.1) is 0 Å². The van der Waals surface area contributed by atoms with Crippen molar-refractivity contribution in [3.63, 3.8) is 0 Å². The topological polar surface area (TPSA) is 99.5 Å². The average molecular weight is 483 g/mol. The SMILES string of the molecule is CCOc1cc([C@@H]2/C(=C(\O)c3ccc(OC(C)C)cc3)C(=O)C(=O)N2CCCN(C)C)ccc1O. The molecule has 35 heavy (non-hydrogen) atoms. The number of hydrogen-bond donors (Lipinski definition) is 2. The molecule has 1 amide bonds. The Morgan fingerprint density at radius 1 is 1.11 bits per heavy atom. The molecule has 1 fully saturated rings.